The van der Waals surface area contributed by atoms with Gasteiger partial charge in [0, 0.05) is 61.8 Å². The minimum atomic E-state index is -3.13. The molecule has 13 heteroatoms. The molecule has 1 unspecified atom stereocenters. The zero-order valence-electron chi connectivity index (χ0n) is 28.8. The van der Waals surface area contributed by atoms with Gasteiger partial charge in [0.05, 0.1) is 37.9 Å². The highest BCUT2D eigenvalue weighted by atomic mass is 19.3. The Balaban J connectivity index is 1.01. The highest BCUT2D eigenvalue weighted by Crippen LogP contribution is 2.32. The summed E-state index contributed by atoms with van der Waals surface area (Å²) in [5.74, 6) is -3.00. The zero-order valence-corrected chi connectivity index (χ0v) is 28.8. The van der Waals surface area contributed by atoms with Crippen LogP contribution in [0.2, 0.25) is 0 Å². The summed E-state index contributed by atoms with van der Waals surface area (Å²) in [5.41, 5.74) is 4.36. The first-order valence-corrected chi connectivity index (χ1v) is 17.0. The largest absolute Gasteiger partial charge is 0.494 e. The van der Waals surface area contributed by atoms with E-state index in [9.17, 15) is 23.2 Å². The highest BCUT2D eigenvalue weighted by Gasteiger charge is 2.47. The lowest BCUT2D eigenvalue weighted by Crippen LogP contribution is -2.43. The van der Waals surface area contributed by atoms with Crippen molar-refractivity contribution in [2.75, 3.05) is 46.4 Å². The molecule has 1 fully saturated rings. The third-order valence-electron chi connectivity index (χ3n) is 8.66. The van der Waals surface area contributed by atoms with Gasteiger partial charge in [0.15, 0.2) is 0 Å². The fourth-order valence-corrected chi connectivity index (χ4v) is 5.94. The zero-order chi connectivity index (χ0) is 36.9. The monoisotopic (exact) mass is 710 g/mol. The summed E-state index contributed by atoms with van der Waals surface area (Å²) < 4.78 is 39.3. The number of benzene rings is 2. The summed E-state index contributed by atoms with van der Waals surface area (Å²) in [6.45, 7) is 1.44. The molecule has 0 aliphatic carbocycles. The molecule has 0 bridgehead atoms. The second-order valence-electron chi connectivity index (χ2n) is 12.5. The number of alkyl halides is 2. The third kappa shape index (κ3) is 10.2. The molecule has 2 amide bonds. The van der Waals surface area contributed by atoms with Crippen LogP contribution in [-0.4, -0.2) is 96.3 Å². The van der Waals surface area contributed by atoms with E-state index in [-0.39, 0.29) is 5.56 Å². The summed E-state index contributed by atoms with van der Waals surface area (Å²) in [6.07, 6.45) is 8.64. The molecular formula is C39H40F2N6O5. The minimum absolute atomic E-state index is 0.262. The van der Waals surface area contributed by atoms with E-state index >= 15 is 0 Å². The third-order valence-corrected chi connectivity index (χ3v) is 8.66. The van der Waals surface area contributed by atoms with Crippen LogP contribution in [0.4, 0.5) is 8.78 Å². The van der Waals surface area contributed by atoms with Crippen LogP contribution < -0.4 is 14.8 Å². The number of carbonyl (C=O) groups is 3. The van der Waals surface area contributed by atoms with Crippen molar-refractivity contribution in [3.05, 3.63) is 96.6 Å². The van der Waals surface area contributed by atoms with E-state index in [4.69, 9.17) is 14.7 Å². The number of halogens is 2. The van der Waals surface area contributed by atoms with Gasteiger partial charge in [0.25, 0.3) is 11.8 Å². The molecule has 3 heterocycles. The second kappa shape index (κ2) is 18.0. The molecule has 4 aromatic rings. The quantitative estimate of drug-likeness (QED) is 0.116. The van der Waals surface area contributed by atoms with Crippen molar-refractivity contribution in [2.45, 2.75) is 37.6 Å². The first kappa shape index (κ1) is 37.5. The number of nitrogens with one attached hydrogen (secondary N) is 1. The van der Waals surface area contributed by atoms with E-state index in [2.05, 4.69) is 27.2 Å². The second-order valence-corrected chi connectivity index (χ2v) is 12.5. The van der Waals surface area contributed by atoms with Crippen LogP contribution in [0.25, 0.3) is 22.3 Å². The van der Waals surface area contributed by atoms with Crippen molar-refractivity contribution < 1.29 is 32.6 Å². The Labute approximate surface area is 301 Å². The molecule has 1 atom stereocenters. The molecule has 1 aliphatic heterocycles. The van der Waals surface area contributed by atoms with Crippen LogP contribution in [0.5, 0.6) is 11.5 Å². The standard InChI is InChI=1S/C39H40F2N6O5/c1-46(17-2-20-51-32-8-4-28(5-9-32)35-24-43-15-12-30(35)14-19-48)18-3-21-52-33-10-6-29(7-11-33)36-25-44-16-13-34(36)38(50)45-26-37(49)47-27-39(40,41)22-31(47)23-42/h4-13,15-16,19,24-25,31H,2-3,14,17-18,20-22,26-27H2,1H3,(H,45,50). The van der Waals surface area contributed by atoms with Crippen LogP contribution in [0.15, 0.2) is 85.5 Å². The van der Waals surface area contributed by atoms with Gasteiger partial charge < -0.3 is 29.4 Å². The molecule has 0 spiro atoms. The Morgan fingerprint density at radius 2 is 1.52 bits per heavy atom. The van der Waals surface area contributed by atoms with Gasteiger partial charge in [-0.15, -0.1) is 0 Å². The molecule has 270 valence electrons. The number of nitrogens with zero attached hydrogens (tertiary/aromatic N) is 5. The number of aldehydes is 1. The van der Waals surface area contributed by atoms with Crippen molar-refractivity contribution in [1.82, 2.24) is 25.1 Å². The number of rotatable bonds is 17. The smallest absolute Gasteiger partial charge is 0.268 e. The lowest BCUT2D eigenvalue weighted by atomic mass is 10.0. The van der Waals surface area contributed by atoms with Crippen LogP contribution in [-0.2, 0) is 16.0 Å². The topological polar surface area (TPSA) is 138 Å². The fourth-order valence-electron chi connectivity index (χ4n) is 5.94. The van der Waals surface area contributed by atoms with E-state index < -0.39 is 43.3 Å². The normalized spacial score (nSPS) is 14.8. The van der Waals surface area contributed by atoms with Crippen molar-refractivity contribution >= 4 is 18.1 Å². The van der Waals surface area contributed by atoms with E-state index in [0.29, 0.717) is 36.5 Å². The van der Waals surface area contributed by atoms with E-state index in [1.165, 1.54) is 18.5 Å². The maximum absolute atomic E-state index is 13.7. The summed E-state index contributed by atoms with van der Waals surface area (Å²) in [5, 5.41) is 11.6. The van der Waals surface area contributed by atoms with E-state index in [0.717, 1.165) is 59.6 Å². The number of hydrogen-bond acceptors (Lipinski definition) is 9. The Bertz CT molecular complexity index is 1870. The van der Waals surface area contributed by atoms with E-state index in [1.54, 1.807) is 30.6 Å². The minimum Gasteiger partial charge on any atom is -0.494 e. The first-order chi connectivity index (χ1) is 25.2. The number of aromatic nitrogens is 2. The summed E-state index contributed by atoms with van der Waals surface area (Å²) in [7, 11) is 2.06. The SMILES string of the molecule is CN(CCCOc1ccc(-c2cnccc2CC=O)cc1)CCCOc1ccc(-c2cnccc2C(=O)NCC(=O)N2CC(F)(F)CC2C#N)cc1. The van der Waals surface area contributed by atoms with Crippen molar-refractivity contribution in [3.63, 3.8) is 0 Å². The number of nitriles is 1. The Kier molecular flexibility index (Phi) is 13.0. The lowest BCUT2D eigenvalue weighted by Gasteiger charge is -2.19. The predicted molar refractivity (Wildman–Crippen MR) is 190 cm³/mol. The molecule has 2 aromatic carbocycles. The molecule has 1 aliphatic rings. The van der Waals surface area contributed by atoms with Crippen molar-refractivity contribution in [2.24, 2.45) is 0 Å². The molecule has 2 aromatic heterocycles. The average Bonchev–Trinajstić information content (AvgIpc) is 3.49. The van der Waals surface area contributed by atoms with Gasteiger partial charge in [-0.2, -0.15) is 5.26 Å². The number of amides is 2. The van der Waals surface area contributed by atoms with Gasteiger partial charge >= 0.3 is 0 Å². The predicted octanol–water partition coefficient (Wildman–Crippen LogP) is 5.21. The Hall–Kier alpha value is -5.74. The fraction of sp³-hybridized carbons (Fsp3) is 0.333. The molecule has 11 nitrogen and oxygen atoms in total. The molecular weight excluding hydrogens is 670 g/mol. The summed E-state index contributed by atoms with van der Waals surface area (Å²) >= 11 is 0. The van der Waals surface area contributed by atoms with Crippen molar-refractivity contribution in [1.29, 1.82) is 5.26 Å². The molecule has 0 saturated carbocycles. The average molecular weight is 711 g/mol. The van der Waals surface area contributed by atoms with Gasteiger partial charge in [-0.25, -0.2) is 8.78 Å². The molecule has 0 radical (unpaired) electrons. The van der Waals surface area contributed by atoms with E-state index in [1.807, 2.05) is 42.5 Å². The van der Waals surface area contributed by atoms with Crippen LogP contribution in [0.1, 0.15) is 35.2 Å². The number of ether oxygens (including phenoxy) is 2. The number of hydrogen-bond donors (Lipinski definition) is 1. The number of carbonyl (C=O) groups excluding carboxylic acids is 3. The highest BCUT2D eigenvalue weighted by molar-refractivity contribution is 6.02. The summed E-state index contributed by atoms with van der Waals surface area (Å²) in [4.78, 5) is 47.9. The van der Waals surface area contributed by atoms with Gasteiger partial charge in [0.2, 0.25) is 5.91 Å². The molecule has 52 heavy (non-hydrogen) atoms. The summed E-state index contributed by atoms with van der Waals surface area (Å²) in [6, 6.07) is 18.9. The van der Waals surface area contributed by atoms with Crippen LogP contribution >= 0.6 is 0 Å². The van der Waals surface area contributed by atoms with Gasteiger partial charge in [-0.3, -0.25) is 19.6 Å². The Morgan fingerprint density at radius 1 is 0.942 bits per heavy atom. The lowest BCUT2D eigenvalue weighted by molar-refractivity contribution is -0.131. The number of pyridine rings is 2. The maximum atomic E-state index is 13.7. The van der Waals surface area contributed by atoms with Gasteiger partial charge in [-0.05, 0) is 73.0 Å². The Morgan fingerprint density at radius 3 is 2.12 bits per heavy atom. The molecule has 5 rings (SSSR count). The maximum Gasteiger partial charge on any atom is 0.268 e. The molecule has 1 saturated heterocycles. The van der Waals surface area contributed by atoms with Crippen LogP contribution in [0.3, 0.4) is 0 Å². The van der Waals surface area contributed by atoms with Crippen molar-refractivity contribution in [3.8, 4) is 39.8 Å². The van der Waals surface area contributed by atoms with Crippen LogP contribution in [0, 0.1) is 11.3 Å². The van der Waals surface area contributed by atoms with Gasteiger partial charge in [-0.1, -0.05) is 24.3 Å². The molecule has 1 N–H and O–H groups in total. The van der Waals surface area contributed by atoms with Gasteiger partial charge in [0.1, 0.15) is 23.8 Å². The first-order valence-electron chi connectivity index (χ1n) is 17.0. The number of likely N-dealkylation sites (tertiary alicyclic amines) is 1.